The first kappa shape index (κ1) is 13.5. The molecule has 19 heavy (non-hydrogen) atoms. The quantitative estimate of drug-likeness (QED) is 0.930. The van der Waals surface area contributed by atoms with E-state index in [1.165, 1.54) is 4.88 Å². The van der Waals surface area contributed by atoms with Crippen molar-refractivity contribution in [2.45, 2.75) is 20.4 Å². The van der Waals surface area contributed by atoms with E-state index in [4.69, 9.17) is 5.11 Å². The molecule has 0 fully saturated rings. The fraction of sp³-hybridized carbons (Fsp3) is 0.308. The highest BCUT2D eigenvalue weighted by molar-refractivity contribution is 7.09. The number of pyridine rings is 1. The third-order valence-corrected chi connectivity index (χ3v) is 3.84. The van der Waals surface area contributed by atoms with Crippen molar-refractivity contribution in [1.29, 1.82) is 0 Å². The molecule has 1 N–H and O–H groups in total. The molecule has 100 valence electrons. The second-order valence-corrected chi connectivity index (χ2v) is 5.26. The predicted octanol–water partition coefficient (Wildman–Crippen LogP) is 2.49. The summed E-state index contributed by atoms with van der Waals surface area (Å²) in [6, 6.07) is 3.32. The number of rotatable bonds is 4. The Kier molecular flexibility index (Phi) is 3.80. The molecule has 0 bridgehead atoms. The van der Waals surface area contributed by atoms with Crippen LogP contribution in [0.25, 0.3) is 0 Å². The van der Waals surface area contributed by atoms with E-state index in [2.05, 4.69) is 9.97 Å². The molecule has 0 aliphatic carbocycles. The summed E-state index contributed by atoms with van der Waals surface area (Å²) in [5.74, 6) is -0.187. The van der Waals surface area contributed by atoms with Crippen LogP contribution >= 0.6 is 11.3 Å². The highest BCUT2D eigenvalue weighted by Gasteiger charge is 2.12. The van der Waals surface area contributed by atoms with Crippen molar-refractivity contribution in [3.05, 3.63) is 39.5 Å². The van der Waals surface area contributed by atoms with E-state index in [1.54, 1.807) is 30.4 Å². The summed E-state index contributed by atoms with van der Waals surface area (Å²) in [6.07, 6.45) is 0. The molecule has 2 rings (SSSR count). The molecule has 0 atom stereocenters. The third kappa shape index (κ3) is 2.90. The van der Waals surface area contributed by atoms with E-state index in [9.17, 15) is 4.79 Å². The van der Waals surface area contributed by atoms with Gasteiger partial charge in [0.25, 0.3) is 0 Å². The zero-order chi connectivity index (χ0) is 14.0. The highest BCUT2D eigenvalue weighted by Crippen LogP contribution is 2.19. The molecule has 0 aliphatic heterocycles. The normalized spacial score (nSPS) is 10.5. The number of carboxylic acid groups (broad SMARTS) is 1. The SMILES string of the molecule is Cc1nc(N(C)Cc2scnc2C)ccc1C(=O)O. The number of carboxylic acids is 1. The van der Waals surface area contributed by atoms with E-state index in [0.717, 1.165) is 18.1 Å². The summed E-state index contributed by atoms with van der Waals surface area (Å²) in [6.45, 7) is 4.40. The molecule has 0 saturated heterocycles. The Morgan fingerprint density at radius 2 is 2.11 bits per heavy atom. The molecule has 0 amide bonds. The van der Waals surface area contributed by atoms with Crippen LogP contribution in [0.1, 0.15) is 26.6 Å². The molecule has 0 radical (unpaired) electrons. The van der Waals surface area contributed by atoms with Gasteiger partial charge in [0.05, 0.1) is 29.0 Å². The fourth-order valence-electron chi connectivity index (χ4n) is 1.76. The fourth-order valence-corrected chi connectivity index (χ4v) is 2.59. The average Bonchev–Trinajstić information content (AvgIpc) is 2.74. The van der Waals surface area contributed by atoms with E-state index < -0.39 is 5.97 Å². The number of aromatic nitrogens is 2. The molecule has 0 aliphatic rings. The molecule has 2 aromatic rings. The largest absolute Gasteiger partial charge is 0.478 e. The summed E-state index contributed by atoms with van der Waals surface area (Å²) < 4.78 is 0. The van der Waals surface area contributed by atoms with Gasteiger partial charge in [-0.15, -0.1) is 11.3 Å². The molecular weight excluding hydrogens is 262 g/mol. The van der Waals surface area contributed by atoms with Gasteiger partial charge in [-0.1, -0.05) is 0 Å². The maximum Gasteiger partial charge on any atom is 0.337 e. The molecular formula is C13H15N3O2S. The number of thiazole rings is 1. The number of anilines is 1. The second kappa shape index (κ2) is 5.36. The van der Waals surface area contributed by atoms with E-state index >= 15 is 0 Å². The smallest absolute Gasteiger partial charge is 0.337 e. The van der Waals surface area contributed by atoms with Crippen molar-refractivity contribution in [2.24, 2.45) is 0 Å². The van der Waals surface area contributed by atoms with Crippen molar-refractivity contribution in [1.82, 2.24) is 9.97 Å². The van der Waals surface area contributed by atoms with Gasteiger partial charge in [-0.25, -0.2) is 14.8 Å². The standard InChI is InChI=1S/C13H15N3O2S/c1-8-10(13(17)18)4-5-12(15-8)16(3)6-11-9(2)14-7-19-11/h4-5,7H,6H2,1-3H3,(H,17,18). The Morgan fingerprint density at radius 3 is 2.63 bits per heavy atom. The van der Waals surface area contributed by atoms with E-state index in [0.29, 0.717) is 5.69 Å². The van der Waals surface area contributed by atoms with Gasteiger partial charge in [-0.3, -0.25) is 0 Å². The van der Waals surface area contributed by atoms with Gasteiger partial charge >= 0.3 is 5.97 Å². The number of carbonyl (C=O) groups is 1. The van der Waals surface area contributed by atoms with Crippen LogP contribution in [0.15, 0.2) is 17.6 Å². The zero-order valence-electron chi connectivity index (χ0n) is 11.0. The van der Waals surface area contributed by atoms with E-state index in [-0.39, 0.29) is 5.56 Å². The molecule has 6 heteroatoms. The van der Waals surface area contributed by atoms with Crippen molar-refractivity contribution in [2.75, 3.05) is 11.9 Å². The molecule has 5 nitrogen and oxygen atoms in total. The number of nitrogens with zero attached hydrogens (tertiary/aromatic N) is 3. The van der Waals surface area contributed by atoms with Crippen LogP contribution in [-0.2, 0) is 6.54 Å². The van der Waals surface area contributed by atoms with Crippen molar-refractivity contribution < 1.29 is 9.90 Å². The van der Waals surface area contributed by atoms with Gasteiger partial charge in [0.2, 0.25) is 0 Å². The van der Waals surface area contributed by atoms with Crippen LogP contribution in [-0.4, -0.2) is 28.1 Å². The Balaban J connectivity index is 2.20. The molecule has 2 heterocycles. The highest BCUT2D eigenvalue weighted by atomic mass is 32.1. The number of hydrogen-bond donors (Lipinski definition) is 1. The Bertz CT molecular complexity index is 610. The lowest BCUT2D eigenvalue weighted by Gasteiger charge is -2.18. The number of aryl methyl sites for hydroxylation is 2. The molecule has 0 unspecified atom stereocenters. The van der Waals surface area contributed by atoms with Crippen molar-refractivity contribution >= 4 is 23.1 Å². The van der Waals surface area contributed by atoms with Crippen LogP contribution in [0.5, 0.6) is 0 Å². The maximum atomic E-state index is 10.9. The molecule has 0 saturated carbocycles. The lowest BCUT2D eigenvalue weighted by Crippen LogP contribution is -2.18. The average molecular weight is 277 g/mol. The molecule has 0 aromatic carbocycles. The summed E-state index contributed by atoms with van der Waals surface area (Å²) in [5, 5.41) is 8.98. The molecule has 0 spiro atoms. The van der Waals surface area contributed by atoms with Gasteiger partial charge < -0.3 is 10.0 Å². The van der Waals surface area contributed by atoms with Gasteiger partial charge in [0.15, 0.2) is 0 Å². The summed E-state index contributed by atoms with van der Waals surface area (Å²) >= 11 is 1.61. The first-order valence-electron chi connectivity index (χ1n) is 5.80. The van der Waals surface area contributed by atoms with Crippen LogP contribution in [0.4, 0.5) is 5.82 Å². The number of aromatic carboxylic acids is 1. The van der Waals surface area contributed by atoms with Gasteiger partial charge in [-0.05, 0) is 26.0 Å². The molecule has 2 aromatic heterocycles. The third-order valence-electron chi connectivity index (χ3n) is 2.92. The summed E-state index contributed by atoms with van der Waals surface area (Å²) in [5.41, 5.74) is 3.62. The van der Waals surface area contributed by atoms with Crippen LogP contribution in [0, 0.1) is 13.8 Å². The minimum absolute atomic E-state index is 0.242. The second-order valence-electron chi connectivity index (χ2n) is 4.32. The minimum atomic E-state index is -0.947. The minimum Gasteiger partial charge on any atom is -0.478 e. The first-order chi connectivity index (χ1) is 8.99. The van der Waals surface area contributed by atoms with Gasteiger partial charge in [-0.2, -0.15) is 0 Å². The number of hydrogen-bond acceptors (Lipinski definition) is 5. The van der Waals surface area contributed by atoms with Crippen LogP contribution in [0.2, 0.25) is 0 Å². The Hall–Kier alpha value is -1.95. The van der Waals surface area contributed by atoms with Crippen molar-refractivity contribution in [3.8, 4) is 0 Å². The maximum absolute atomic E-state index is 10.9. The first-order valence-corrected chi connectivity index (χ1v) is 6.68. The summed E-state index contributed by atoms with van der Waals surface area (Å²) in [7, 11) is 1.93. The van der Waals surface area contributed by atoms with Crippen LogP contribution in [0.3, 0.4) is 0 Å². The monoisotopic (exact) mass is 277 g/mol. The van der Waals surface area contributed by atoms with E-state index in [1.807, 2.05) is 24.4 Å². The predicted molar refractivity (Wildman–Crippen MR) is 74.9 cm³/mol. The lowest BCUT2D eigenvalue weighted by molar-refractivity contribution is 0.0695. The van der Waals surface area contributed by atoms with Gasteiger partial charge in [0.1, 0.15) is 5.82 Å². The lowest BCUT2D eigenvalue weighted by atomic mass is 10.2. The zero-order valence-corrected chi connectivity index (χ0v) is 11.9. The van der Waals surface area contributed by atoms with Crippen LogP contribution < -0.4 is 4.90 Å². The van der Waals surface area contributed by atoms with Crippen molar-refractivity contribution in [3.63, 3.8) is 0 Å². The Labute approximate surface area is 115 Å². The van der Waals surface area contributed by atoms with Gasteiger partial charge in [0, 0.05) is 11.9 Å². The topological polar surface area (TPSA) is 66.3 Å². The summed E-state index contributed by atoms with van der Waals surface area (Å²) in [4.78, 5) is 22.7. The Morgan fingerprint density at radius 1 is 1.37 bits per heavy atom.